The summed E-state index contributed by atoms with van der Waals surface area (Å²) in [6.07, 6.45) is 1.63. The molecule has 3 N–H and O–H groups in total. The van der Waals surface area contributed by atoms with Gasteiger partial charge in [0.2, 0.25) is 5.91 Å². The van der Waals surface area contributed by atoms with Crippen LogP contribution in [0.3, 0.4) is 0 Å². The third-order valence-electron chi connectivity index (χ3n) is 10.0. The number of nitrogens with zero attached hydrogens (tertiary/aromatic N) is 1. The molecule has 0 radical (unpaired) electrons. The molecule has 1 unspecified atom stereocenters. The number of thioether (sulfide) groups is 1. The Hall–Kier alpha value is -7.36. The lowest BCUT2D eigenvalue weighted by atomic mass is 10.1. The molecule has 296 valence electrons. The van der Waals surface area contributed by atoms with Gasteiger partial charge in [-0.2, -0.15) is 0 Å². The van der Waals surface area contributed by atoms with Crippen molar-refractivity contribution in [3.63, 3.8) is 0 Å². The van der Waals surface area contributed by atoms with Gasteiger partial charge in [0, 0.05) is 50.2 Å². The summed E-state index contributed by atoms with van der Waals surface area (Å²) in [5, 5.41) is 10.6. The molecule has 0 fully saturated rings. The molecule has 0 aliphatic rings. The van der Waals surface area contributed by atoms with Gasteiger partial charge in [0.05, 0.1) is 0 Å². The Morgan fingerprint density at radius 1 is 0.650 bits per heavy atom. The third kappa shape index (κ3) is 9.33. The summed E-state index contributed by atoms with van der Waals surface area (Å²) in [6.45, 7) is 3.39. The van der Waals surface area contributed by atoms with E-state index in [4.69, 9.17) is 4.74 Å². The van der Waals surface area contributed by atoms with Gasteiger partial charge < -0.3 is 25.3 Å². The highest BCUT2D eigenvalue weighted by Gasteiger charge is 2.23. The van der Waals surface area contributed by atoms with Crippen molar-refractivity contribution >= 4 is 68.7 Å². The maximum Gasteiger partial charge on any atom is 0.272 e. The van der Waals surface area contributed by atoms with E-state index in [0.29, 0.717) is 34.9 Å². The van der Waals surface area contributed by atoms with E-state index in [9.17, 15) is 14.4 Å². The molecule has 1 heterocycles. The van der Waals surface area contributed by atoms with Gasteiger partial charge >= 0.3 is 0 Å². The molecule has 3 amide bonds. The fourth-order valence-corrected chi connectivity index (χ4v) is 8.16. The van der Waals surface area contributed by atoms with E-state index in [1.165, 1.54) is 11.8 Å². The van der Waals surface area contributed by atoms with Gasteiger partial charge in [0.1, 0.15) is 23.3 Å². The second-order valence-electron chi connectivity index (χ2n) is 14.1. The number of hydrogen-bond donors (Lipinski definition) is 3. The molecule has 1 aromatic heterocycles. The van der Waals surface area contributed by atoms with Crippen molar-refractivity contribution in [2.24, 2.45) is 0 Å². The van der Waals surface area contributed by atoms with Crippen LogP contribution >= 0.6 is 11.8 Å². The van der Waals surface area contributed by atoms with Crippen LogP contribution < -0.4 is 20.7 Å². The molecule has 7 aromatic carbocycles. The number of nitrogens with one attached hydrogen (secondary N) is 3. The van der Waals surface area contributed by atoms with Gasteiger partial charge in [-0.1, -0.05) is 115 Å². The number of aromatic nitrogens is 1. The van der Waals surface area contributed by atoms with Gasteiger partial charge in [-0.25, -0.2) is 0 Å². The number of fused-ring (bicyclic) bond motifs is 3. The molecule has 8 nitrogen and oxygen atoms in total. The van der Waals surface area contributed by atoms with Crippen molar-refractivity contribution in [2.45, 2.75) is 30.2 Å². The Morgan fingerprint density at radius 3 is 2.07 bits per heavy atom. The van der Waals surface area contributed by atoms with Crippen molar-refractivity contribution < 1.29 is 19.1 Å². The highest BCUT2D eigenvalue weighted by atomic mass is 32.2. The fourth-order valence-electron chi connectivity index (χ4n) is 7.07. The molecule has 60 heavy (non-hydrogen) atoms. The van der Waals surface area contributed by atoms with Gasteiger partial charge in [-0.15, -0.1) is 11.8 Å². The van der Waals surface area contributed by atoms with Crippen LogP contribution in [-0.2, 0) is 22.7 Å². The van der Waals surface area contributed by atoms with Crippen LogP contribution in [0.5, 0.6) is 5.75 Å². The SMILES string of the molecule is CCn1c2ccccc2c2cc(NC(=O)C(Sc3cccc(NC(=O)/C(=C/c4ccc(OCc5ccccc5)cc4)NC(=O)c4ccccc4)c3)c3ccccc3)ccc21. The Balaban J connectivity index is 1.01. The van der Waals surface area contributed by atoms with Crippen molar-refractivity contribution in [2.75, 3.05) is 10.6 Å². The molecule has 0 bridgehead atoms. The summed E-state index contributed by atoms with van der Waals surface area (Å²) in [5.74, 6) is -0.433. The predicted molar refractivity (Wildman–Crippen MR) is 243 cm³/mol. The third-order valence-corrected chi connectivity index (χ3v) is 11.3. The topological polar surface area (TPSA) is 101 Å². The number of carbonyl (C=O) groups excluding carboxylic acids is 3. The predicted octanol–water partition coefficient (Wildman–Crippen LogP) is 11.3. The zero-order valence-corrected chi connectivity index (χ0v) is 33.7. The number of rotatable bonds is 14. The van der Waals surface area contributed by atoms with E-state index in [2.05, 4.69) is 45.6 Å². The van der Waals surface area contributed by atoms with Gasteiger partial charge in [0.25, 0.3) is 11.8 Å². The summed E-state index contributed by atoms with van der Waals surface area (Å²) in [5.41, 5.74) is 6.53. The lowest BCUT2D eigenvalue weighted by Crippen LogP contribution is -2.30. The first-order valence-corrected chi connectivity index (χ1v) is 20.6. The average molecular weight is 807 g/mol. The number of hydrogen-bond acceptors (Lipinski definition) is 5. The zero-order valence-electron chi connectivity index (χ0n) is 32.9. The zero-order chi connectivity index (χ0) is 41.3. The van der Waals surface area contributed by atoms with E-state index < -0.39 is 17.1 Å². The van der Waals surface area contributed by atoms with Crippen LogP contribution in [0.1, 0.15) is 39.2 Å². The van der Waals surface area contributed by atoms with E-state index >= 15 is 0 Å². The van der Waals surface area contributed by atoms with Gasteiger partial charge in [0.15, 0.2) is 0 Å². The van der Waals surface area contributed by atoms with E-state index in [1.54, 1.807) is 36.4 Å². The summed E-state index contributed by atoms with van der Waals surface area (Å²) in [6, 6.07) is 57.3. The van der Waals surface area contributed by atoms with Crippen molar-refractivity contribution in [3.05, 3.63) is 210 Å². The molecule has 8 aromatic rings. The Labute approximate surface area is 352 Å². The fraction of sp³-hybridized carbons (Fsp3) is 0.0784. The standard InChI is InChI=1S/C51H42N4O4S/c1-2-55-46-24-13-12-23-43(46)44-33-40(27-30-47(44)55)53-51(58)48(37-17-8-4-9-18-37)60-42-22-14-21-39(32-42)52-50(57)45(54-49(56)38-19-10-5-11-20-38)31-35-25-28-41(29-26-35)59-34-36-15-6-3-7-16-36/h3-33,48H,2,34H2,1H3,(H,52,57)(H,53,58)(H,54,56)/b45-31-. The normalized spacial score (nSPS) is 11.8. The number of anilines is 2. The minimum Gasteiger partial charge on any atom is -0.489 e. The van der Waals surface area contributed by atoms with Crippen LogP contribution in [0.4, 0.5) is 11.4 Å². The Kier molecular flexibility index (Phi) is 12.2. The van der Waals surface area contributed by atoms with E-state index in [1.807, 2.05) is 133 Å². The molecule has 0 aliphatic heterocycles. The smallest absolute Gasteiger partial charge is 0.272 e. The molecule has 8 rings (SSSR count). The molecule has 1 atom stereocenters. The first-order chi connectivity index (χ1) is 29.4. The molecular formula is C51H42N4O4S. The van der Waals surface area contributed by atoms with Crippen molar-refractivity contribution in [3.8, 4) is 5.75 Å². The minimum absolute atomic E-state index is 0.0560. The highest BCUT2D eigenvalue weighted by molar-refractivity contribution is 8.00. The average Bonchev–Trinajstić information content (AvgIpc) is 3.61. The van der Waals surface area contributed by atoms with E-state index in [-0.39, 0.29) is 11.6 Å². The lowest BCUT2D eigenvalue weighted by molar-refractivity contribution is -0.116. The quantitative estimate of drug-likeness (QED) is 0.0750. The van der Waals surface area contributed by atoms with Gasteiger partial charge in [-0.3, -0.25) is 14.4 Å². The molecule has 0 aliphatic carbocycles. The number of ether oxygens (including phenoxy) is 1. The summed E-state index contributed by atoms with van der Waals surface area (Å²) >= 11 is 1.38. The monoisotopic (exact) mass is 806 g/mol. The summed E-state index contributed by atoms with van der Waals surface area (Å²) < 4.78 is 8.23. The number of amides is 3. The molecule has 0 spiro atoms. The maximum absolute atomic E-state index is 14.2. The van der Waals surface area contributed by atoms with Gasteiger partial charge in [-0.05, 0) is 96.4 Å². The van der Waals surface area contributed by atoms with Crippen LogP contribution in [0.2, 0.25) is 0 Å². The van der Waals surface area contributed by atoms with Crippen molar-refractivity contribution in [1.29, 1.82) is 0 Å². The van der Waals surface area contributed by atoms with E-state index in [0.717, 1.165) is 44.4 Å². The molecule has 9 heteroatoms. The first kappa shape index (κ1) is 39.5. The lowest BCUT2D eigenvalue weighted by Gasteiger charge is -2.18. The second kappa shape index (κ2) is 18.5. The van der Waals surface area contributed by atoms with Crippen LogP contribution in [0.15, 0.2) is 193 Å². The maximum atomic E-state index is 14.2. The number of aryl methyl sites for hydroxylation is 1. The summed E-state index contributed by atoms with van der Waals surface area (Å²) in [4.78, 5) is 42.3. The Morgan fingerprint density at radius 2 is 1.32 bits per heavy atom. The first-order valence-electron chi connectivity index (χ1n) is 19.7. The van der Waals surface area contributed by atoms with Crippen LogP contribution in [0, 0.1) is 0 Å². The minimum atomic E-state index is -0.606. The molecule has 0 saturated carbocycles. The Bertz CT molecular complexity index is 2810. The largest absolute Gasteiger partial charge is 0.489 e. The van der Waals surface area contributed by atoms with Crippen LogP contribution in [0.25, 0.3) is 27.9 Å². The van der Waals surface area contributed by atoms with Crippen LogP contribution in [-0.4, -0.2) is 22.3 Å². The molecule has 0 saturated heterocycles. The number of carbonyl (C=O) groups is 3. The molecular weight excluding hydrogens is 765 g/mol. The van der Waals surface area contributed by atoms with Crippen molar-refractivity contribution in [1.82, 2.24) is 9.88 Å². The number of para-hydroxylation sites is 1. The highest BCUT2D eigenvalue weighted by Crippen LogP contribution is 2.38. The summed E-state index contributed by atoms with van der Waals surface area (Å²) in [7, 11) is 0. The second-order valence-corrected chi connectivity index (χ2v) is 15.3. The number of benzene rings is 7.